The number of carbonyl (C=O) groups is 1. The third-order valence-corrected chi connectivity index (χ3v) is 2.66. The Morgan fingerprint density at radius 2 is 1.85 bits per heavy atom. The van der Waals surface area contributed by atoms with Crippen LogP contribution in [0.5, 0.6) is 0 Å². The summed E-state index contributed by atoms with van der Waals surface area (Å²) in [5, 5.41) is 14.5. The van der Waals surface area contributed by atoms with Crippen LogP contribution in [0.1, 0.15) is 11.1 Å². The fourth-order valence-electron chi connectivity index (χ4n) is 1.65. The van der Waals surface area contributed by atoms with Crippen molar-refractivity contribution in [3.63, 3.8) is 0 Å². The maximum atomic E-state index is 11.7. The molecule has 0 bridgehead atoms. The van der Waals surface area contributed by atoms with E-state index in [-0.39, 0.29) is 12.5 Å². The van der Waals surface area contributed by atoms with E-state index in [1.54, 1.807) is 36.7 Å². The molecular formula is C15H14N4O. The lowest BCUT2D eigenvalue weighted by Crippen LogP contribution is -2.27. The van der Waals surface area contributed by atoms with Crippen LogP contribution in [0.2, 0.25) is 0 Å². The number of nitriles is 1. The first kappa shape index (κ1) is 13.7. The molecule has 0 spiro atoms. The van der Waals surface area contributed by atoms with E-state index in [9.17, 15) is 4.79 Å². The maximum Gasteiger partial charge on any atom is 0.238 e. The van der Waals surface area contributed by atoms with Gasteiger partial charge in [-0.3, -0.25) is 9.78 Å². The van der Waals surface area contributed by atoms with Crippen LogP contribution in [-0.4, -0.2) is 17.4 Å². The molecule has 0 fully saturated rings. The Morgan fingerprint density at radius 3 is 2.50 bits per heavy atom. The average molecular weight is 266 g/mol. The second-order valence-corrected chi connectivity index (χ2v) is 4.20. The Bertz CT molecular complexity index is 602. The number of aromatic nitrogens is 1. The van der Waals surface area contributed by atoms with Crippen LogP contribution in [0.3, 0.4) is 0 Å². The van der Waals surface area contributed by atoms with Gasteiger partial charge < -0.3 is 10.6 Å². The average Bonchev–Trinajstić information content (AvgIpc) is 2.49. The number of anilines is 1. The normalized spacial score (nSPS) is 9.75. The summed E-state index contributed by atoms with van der Waals surface area (Å²) in [5.41, 5.74) is 2.32. The van der Waals surface area contributed by atoms with Crippen LogP contribution in [0, 0.1) is 11.3 Å². The molecule has 0 saturated carbocycles. The highest BCUT2D eigenvalue weighted by molar-refractivity contribution is 5.92. The van der Waals surface area contributed by atoms with Crippen molar-refractivity contribution in [1.82, 2.24) is 10.3 Å². The van der Waals surface area contributed by atoms with Crippen molar-refractivity contribution in [3.05, 3.63) is 59.9 Å². The van der Waals surface area contributed by atoms with Crippen molar-refractivity contribution in [2.45, 2.75) is 6.54 Å². The lowest BCUT2D eigenvalue weighted by molar-refractivity contribution is -0.115. The molecule has 0 atom stereocenters. The van der Waals surface area contributed by atoms with Gasteiger partial charge in [0.2, 0.25) is 5.91 Å². The zero-order valence-electron chi connectivity index (χ0n) is 10.8. The molecule has 0 aliphatic heterocycles. The van der Waals surface area contributed by atoms with E-state index < -0.39 is 0 Å². The maximum absolute atomic E-state index is 11.7. The first-order valence-corrected chi connectivity index (χ1v) is 6.17. The Hall–Kier alpha value is -2.71. The van der Waals surface area contributed by atoms with Crippen molar-refractivity contribution in [1.29, 1.82) is 5.26 Å². The summed E-state index contributed by atoms with van der Waals surface area (Å²) in [6.45, 7) is 0.839. The van der Waals surface area contributed by atoms with Crippen molar-refractivity contribution < 1.29 is 4.79 Å². The first-order valence-electron chi connectivity index (χ1n) is 6.17. The van der Waals surface area contributed by atoms with Crippen molar-refractivity contribution in [3.8, 4) is 6.07 Å². The minimum Gasteiger partial charge on any atom is -0.325 e. The molecule has 1 aromatic heterocycles. The molecule has 2 aromatic rings. The van der Waals surface area contributed by atoms with Crippen LogP contribution in [0.15, 0.2) is 48.8 Å². The van der Waals surface area contributed by atoms with E-state index in [1.807, 2.05) is 18.2 Å². The minimum absolute atomic E-state index is 0.122. The lowest BCUT2D eigenvalue weighted by atomic mass is 10.2. The molecule has 0 aliphatic rings. The standard InChI is InChI=1S/C15H14N4O/c16-9-12-1-3-14(4-2-12)19-15(20)11-18-10-13-5-7-17-8-6-13/h1-8,18H,10-11H2,(H,19,20). The van der Waals surface area contributed by atoms with Crippen LogP contribution in [0.25, 0.3) is 0 Å². The van der Waals surface area contributed by atoms with Crippen molar-refractivity contribution in [2.24, 2.45) is 0 Å². The molecule has 0 unspecified atom stereocenters. The lowest BCUT2D eigenvalue weighted by Gasteiger charge is -2.06. The second-order valence-electron chi connectivity index (χ2n) is 4.20. The quantitative estimate of drug-likeness (QED) is 0.863. The molecule has 2 rings (SSSR count). The molecule has 1 aromatic carbocycles. The molecule has 5 nitrogen and oxygen atoms in total. The third-order valence-electron chi connectivity index (χ3n) is 2.66. The summed E-state index contributed by atoms with van der Waals surface area (Å²) in [4.78, 5) is 15.6. The number of hydrogen-bond donors (Lipinski definition) is 2. The number of nitrogens with one attached hydrogen (secondary N) is 2. The van der Waals surface area contributed by atoms with E-state index in [4.69, 9.17) is 5.26 Å². The minimum atomic E-state index is -0.122. The van der Waals surface area contributed by atoms with Gasteiger partial charge in [0.25, 0.3) is 0 Å². The Kier molecular flexibility index (Phi) is 4.81. The zero-order valence-corrected chi connectivity index (χ0v) is 10.8. The number of carbonyl (C=O) groups excluding carboxylic acids is 1. The number of nitrogens with zero attached hydrogens (tertiary/aromatic N) is 2. The molecule has 2 N–H and O–H groups in total. The molecular weight excluding hydrogens is 252 g/mol. The molecule has 20 heavy (non-hydrogen) atoms. The third kappa shape index (κ3) is 4.19. The van der Waals surface area contributed by atoms with Gasteiger partial charge in [-0.05, 0) is 42.0 Å². The van der Waals surface area contributed by atoms with Gasteiger partial charge in [0, 0.05) is 24.6 Å². The van der Waals surface area contributed by atoms with Crippen LogP contribution in [-0.2, 0) is 11.3 Å². The summed E-state index contributed by atoms with van der Waals surface area (Å²) in [6, 6.07) is 12.6. The summed E-state index contributed by atoms with van der Waals surface area (Å²) in [5.74, 6) is -0.122. The zero-order chi connectivity index (χ0) is 14.2. The van der Waals surface area contributed by atoms with Gasteiger partial charge >= 0.3 is 0 Å². The molecule has 0 saturated heterocycles. The van der Waals surface area contributed by atoms with E-state index >= 15 is 0 Å². The Morgan fingerprint density at radius 1 is 1.15 bits per heavy atom. The van der Waals surface area contributed by atoms with Gasteiger partial charge in [-0.2, -0.15) is 5.26 Å². The molecule has 1 heterocycles. The van der Waals surface area contributed by atoms with Gasteiger partial charge in [0.1, 0.15) is 0 Å². The Balaban J connectivity index is 1.76. The van der Waals surface area contributed by atoms with Gasteiger partial charge in [0.15, 0.2) is 0 Å². The summed E-state index contributed by atoms with van der Waals surface area (Å²) >= 11 is 0. The van der Waals surface area contributed by atoms with Crippen LogP contribution >= 0.6 is 0 Å². The summed E-state index contributed by atoms with van der Waals surface area (Å²) < 4.78 is 0. The van der Waals surface area contributed by atoms with Gasteiger partial charge in [-0.15, -0.1) is 0 Å². The number of benzene rings is 1. The monoisotopic (exact) mass is 266 g/mol. The first-order chi connectivity index (χ1) is 9.78. The highest BCUT2D eigenvalue weighted by Gasteiger charge is 2.02. The smallest absolute Gasteiger partial charge is 0.238 e. The summed E-state index contributed by atoms with van der Waals surface area (Å²) in [7, 11) is 0. The number of amides is 1. The van der Waals surface area contributed by atoms with E-state index in [0.29, 0.717) is 17.8 Å². The molecule has 0 aliphatic carbocycles. The highest BCUT2D eigenvalue weighted by Crippen LogP contribution is 2.08. The van der Waals surface area contributed by atoms with Crippen molar-refractivity contribution in [2.75, 3.05) is 11.9 Å². The van der Waals surface area contributed by atoms with E-state index in [1.165, 1.54) is 0 Å². The number of rotatable bonds is 5. The van der Waals surface area contributed by atoms with Gasteiger partial charge in [0.05, 0.1) is 18.2 Å². The van der Waals surface area contributed by atoms with E-state index in [2.05, 4.69) is 15.6 Å². The van der Waals surface area contributed by atoms with Crippen LogP contribution in [0.4, 0.5) is 5.69 Å². The molecule has 5 heteroatoms. The van der Waals surface area contributed by atoms with Gasteiger partial charge in [-0.1, -0.05) is 0 Å². The number of hydrogen-bond acceptors (Lipinski definition) is 4. The summed E-state index contributed by atoms with van der Waals surface area (Å²) in [6.07, 6.45) is 3.43. The fraction of sp³-hybridized carbons (Fsp3) is 0.133. The topological polar surface area (TPSA) is 77.8 Å². The van der Waals surface area contributed by atoms with Crippen molar-refractivity contribution >= 4 is 11.6 Å². The predicted molar refractivity (Wildman–Crippen MR) is 75.7 cm³/mol. The number of pyridine rings is 1. The van der Waals surface area contributed by atoms with Crippen LogP contribution < -0.4 is 10.6 Å². The highest BCUT2D eigenvalue weighted by atomic mass is 16.1. The SMILES string of the molecule is N#Cc1ccc(NC(=O)CNCc2ccncc2)cc1. The molecule has 100 valence electrons. The largest absolute Gasteiger partial charge is 0.325 e. The predicted octanol–water partition coefficient (Wildman–Crippen LogP) is 1.68. The Labute approximate surface area is 117 Å². The molecule has 0 radical (unpaired) electrons. The fourth-order valence-corrected chi connectivity index (χ4v) is 1.65. The molecule has 1 amide bonds. The van der Waals surface area contributed by atoms with Gasteiger partial charge in [-0.25, -0.2) is 0 Å². The van der Waals surface area contributed by atoms with E-state index in [0.717, 1.165) is 5.56 Å². The second kappa shape index (κ2) is 7.02.